The smallest absolute Gasteiger partial charge is 0.320 e. The van der Waals surface area contributed by atoms with Crippen molar-refractivity contribution < 1.29 is 19.1 Å². The second kappa shape index (κ2) is 7.52. The van der Waals surface area contributed by atoms with Crippen molar-refractivity contribution in [3.05, 3.63) is 35.6 Å². The molecular weight excluding hydrogens is 297 g/mol. The van der Waals surface area contributed by atoms with E-state index in [0.717, 1.165) is 12.8 Å². The van der Waals surface area contributed by atoms with E-state index in [1.807, 2.05) is 4.90 Å². The number of carboxylic acids is 1. The number of carbonyl (C=O) groups excluding carboxylic acids is 1. The Bertz CT molecular complexity index is 506. The van der Waals surface area contributed by atoms with Crippen LogP contribution >= 0.6 is 12.4 Å². The number of nitrogens with zero attached hydrogens (tertiary/aromatic N) is 1. The summed E-state index contributed by atoms with van der Waals surface area (Å²) < 4.78 is 12.9. The average Bonchev–Trinajstić information content (AvgIpc) is 2.46. The third-order valence-electron chi connectivity index (χ3n) is 3.86. The van der Waals surface area contributed by atoms with Gasteiger partial charge in [0.15, 0.2) is 5.78 Å². The first-order chi connectivity index (χ1) is 9.49. The van der Waals surface area contributed by atoms with E-state index in [9.17, 15) is 14.0 Å². The molecule has 2 atom stereocenters. The first-order valence-corrected chi connectivity index (χ1v) is 6.75. The van der Waals surface area contributed by atoms with E-state index < -0.39 is 12.0 Å². The van der Waals surface area contributed by atoms with Gasteiger partial charge < -0.3 is 5.11 Å². The van der Waals surface area contributed by atoms with Gasteiger partial charge in [0.1, 0.15) is 11.9 Å². The third-order valence-corrected chi connectivity index (χ3v) is 3.86. The van der Waals surface area contributed by atoms with Gasteiger partial charge in [-0.25, -0.2) is 4.39 Å². The van der Waals surface area contributed by atoms with Crippen molar-refractivity contribution in [2.45, 2.75) is 25.8 Å². The highest BCUT2D eigenvalue weighted by Gasteiger charge is 2.31. The van der Waals surface area contributed by atoms with E-state index in [0.29, 0.717) is 18.7 Å². The molecule has 1 aliphatic heterocycles. The normalized spacial score (nSPS) is 20.4. The highest BCUT2D eigenvalue weighted by atomic mass is 35.5. The molecular formula is C15H19ClFNO3. The van der Waals surface area contributed by atoms with Gasteiger partial charge >= 0.3 is 5.97 Å². The topological polar surface area (TPSA) is 57.6 Å². The van der Waals surface area contributed by atoms with E-state index in [1.54, 1.807) is 6.92 Å². The summed E-state index contributed by atoms with van der Waals surface area (Å²) in [6.45, 7) is 2.78. The maximum absolute atomic E-state index is 12.9. The Balaban J connectivity index is 0.00000220. The molecule has 0 saturated carbocycles. The number of ketones is 1. The van der Waals surface area contributed by atoms with E-state index in [4.69, 9.17) is 5.11 Å². The number of carbonyl (C=O) groups is 2. The van der Waals surface area contributed by atoms with Crippen molar-refractivity contribution in [1.82, 2.24) is 4.90 Å². The number of carboxylic acid groups (broad SMARTS) is 1. The lowest BCUT2D eigenvalue weighted by molar-refractivity contribution is -0.143. The van der Waals surface area contributed by atoms with E-state index in [2.05, 4.69) is 0 Å². The molecule has 0 amide bonds. The molecule has 0 spiro atoms. The lowest BCUT2D eigenvalue weighted by Crippen LogP contribution is -2.46. The largest absolute Gasteiger partial charge is 0.480 e. The molecule has 1 saturated heterocycles. The Morgan fingerprint density at radius 3 is 2.52 bits per heavy atom. The fourth-order valence-corrected chi connectivity index (χ4v) is 2.58. The first kappa shape index (κ1) is 17.6. The highest BCUT2D eigenvalue weighted by Crippen LogP contribution is 2.22. The highest BCUT2D eigenvalue weighted by molar-refractivity contribution is 5.98. The number of benzene rings is 1. The van der Waals surface area contributed by atoms with Crippen molar-refractivity contribution in [1.29, 1.82) is 0 Å². The maximum Gasteiger partial charge on any atom is 0.320 e. The van der Waals surface area contributed by atoms with Crippen LogP contribution in [-0.4, -0.2) is 40.9 Å². The van der Waals surface area contributed by atoms with Crippen LogP contribution in [0.1, 0.15) is 30.1 Å². The Hall–Kier alpha value is -1.46. The van der Waals surface area contributed by atoms with Crippen molar-refractivity contribution in [2.24, 2.45) is 5.92 Å². The fourth-order valence-electron chi connectivity index (χ4n) is 2.58. The van der Waals surface area contributed by atoms with Crippen LogP contribution in [0.2, 0.25) is 0 Å². The second-order valence-corrected chi connectivity index (χ2v) is 5.22. The number of aliphatic carboxylic acids is 1. The van der Waals surface area contributed by atoms with Crippen LogP contribution in [0.5, 0.6) is 0 Å². The van der Waals surface area contributed by atoms with E-state index >= 15 is 0 Å². The number of hydrogen-bond donors (Lipinski definition) is 1. The van der Waals surface area contributed by atoms with Crippen molar-refractivity contribution in [3.8, 4) is 0 Å². The van der Waals surface area contributed by atoms with Crippen molar-refractivity contribution in [2.75, 3.05) is 13.1 Å². The van der Waals surface area contributed by atoms with E-state index in [-0.39, 0.29) is 29.9 Å². The minimum absolute atomic E-state index is 0. The SMILES string of the molecule is CC(C(=O)O)N1CCCC(C(=O)c2ccc(F)cc2)C1.Cl. The molecule has 1 heterocycles. The molecule has 0 aliphatic carbocycles. The Morgan fingerprint density at radius 2 is 1.95 bits per heavy atom. The minimum atomic E-state index is -0.875. The van der Waals surface area contributed by atoms with Crippen LogP contribution in [0.4, 0.5) is 4.39 Å². The molecule has 6 heteroatoms. The fraction of sp³-hybridized carbons (Fsp3) is 0.467. The molecule has 1 fully saturated rings. The molecule has 0 bridgehead atoms. The molecule has 0 aromatic heterocycles. The van der Waals surface area contributed by atoms with Gasteiger partial charge in [-0.3, -0.25) is 14.5 Å². The third kappa shape index (κ3) is 4.25. The molecule has 4 nitrogen and oxygen atoms in total. The second-order valence-electron chi connectivity index (χ2n) is 5.22. The monoisotopic (exact) mass is 315 g/mol. The van der Waals surface area contributed by atoms with Gasteiger partial charge in [-0.15, -0.1) is 12.4 Å². The van der Waals surface area contributed by atoms with Gasteiger partial charge in [0.05, 0.1) is 0 Å². The molecule has 2 unspecified atom stereocenters. The lowest BCUT2D eigenvalue weighted by Gasteiger charge is -2.34. The summed E-state index contributed by atoms with van der Waals surface area (Å²) in [5.41, 5.74) is 0.487. The van der Waals surface area contributed by atoms with Crippen LogP contribution in [0.25, 0.3) is 0 Å². The Kier molecular flexibility index (Phi) is 6.30. The summed E-state index contributed by atoms with van der Waals surface area (Å²) in [4.78, 5) is 25.2. The summed E-state index contributed by atoms with van der Waals surface area (Å²) >= 11 is 0. The van der Waals surface area contributed by atoms with Gasteiger partial charge in [-0.2, -0.15) is 0 Å². The van der Waals surface area contributed by atoms with Crippen LogP contribution in [0, 0.1) is 11.7 Å². The zero-order valence-electron chi connectivity index (χ0n) is 11.8. The summed E-state index contributed by atoms with van der Waals surface area (Å²) in [6.07, 6.45) is 1.55. The molecule has 2 rings (SSSR count). The molecule has 1 aromatic carbocycles. The summed E-state index contributed by atoms with van der Waals surface area (Å²) in [5, 5.41) is 9.04. The summed E-state index contributed by atoms with van der Waals surface area (Å²) in [5.74, 6) is -1.49. The molecule has 0 radical (unpaired) electrons. The van der Waals surface area contributed by atoms with Crippen molar-refractivity contribution >= 4 is 24.2 Å². The number of rotatable bonds is 4. The lowest BCUT2D eigenvalue weighted by atomic mass is 9.89. The number of halogens is 2. The minimum Gasteiger partial charge on any atom is -0.480 e. The van der Waals surface area contributed by atoms with Gasteiger partial charge in [-0.05, 0) is 50.6 Å². The van der Waals surface area contributed by atoms with Crippen LogP contribution in [0.15, 0.2) is 24.3 Å². The van der Waals surface area contributed by atoms with Gasteiger partial charge in [0, 0.05) is 18.0 Å². The van der Waals surface area contributed by atoms with Gasteiger partial charge in [-0.1, -0.05) is 0 Å². The summed E-state index contributed by atoms with van der Waals surface area (Å²) in [6, 6.07) is 4.93. The predicted octanol–water partition coefficient (Wildman–Crippen LogP) is 2.62. The van der Waals surface area contributed by atoms with Gasteiger partial charge in [0.25, 0.3) is 0 Å². The standard InChI is InChI=1S/C15H18FNO3.ClH/c1-10(15(19)20)17-8-2-3-12(9-17)14(18)11-4-6-13(16)7-5-11;/h4-7,10,12H,2-3,8-9H2,1H3,(H,19,20);1H. The molecule has 116 valence electrons. The molecule has 21 heavy (non-hydrogen) atoms. The first-order valence-electron chi connectivity index (χ1n) is 6.75. The molecule has 1 aromatic rings. The Morgan fingerprint density at radius 1 is 1.33 bits per heavy atom. The zero-order chi connectivity index (χ0) is 14.7. The quantitative estimate of drug-likeness (QED) is 0.868. The summed E-state index contributed by atoms with van der Waals surface area (Å²) in [7, 11) is 0. The predicted molar refractivity (Wildman–Crippen MR) is 79.4 cm³/mol. The van der Waals surface area contributed by atoms with Crippen LogP contribution in [0.3, 0.4) is 0 Å². The Labute approximate surface area is 129 Å². The molecule has 1 aliphatic rings. The van der Waals surface area contributed by atoms with Crippen molar-refractivity contribution in [3.63, 3.8) is 0 Å². The van der Waals surface area contributed by atoms with Gasteiger partial charge in [0.2, 0.25) is 0 Å². The van der Waals surface area contributed by atoms with Crippen LogP contribution < -0.4 is 0 Å². The number of hydrogen-bond acceptors (Lipinski definition) is 3. The average molecular weight is 316 g/mol. The number of Topliss-reactive ketones (excluding diaryl/α,β-unsaturated/α-hetero) is 1. The molecule has 1 N–H and O–H groups in total. The number of piperidine rings is 1. The van der Waals surface area contributed by atoms with E-state index in [1.165, 1.54) is 24.3 Å². The maximum atomic E-state index is 12.9. The number of likely N-dealkylation sites (tertiary alicyclic amines) is 1. The zero-order valence-corrected chi connectivity index (χ0v) is 12.6. The van der Waals surface area contributed by atoms with Crippen LogP contribution in [-0.2, 0) is 4.79 Å².